The molecule has 1 saturated heterocycles. The molecule has 1 atom stereocenters. The fourth-order valence-corrected chi connectivity index (χ4v) is 1.97. The van der Waals surface area contributed by atoms with E-state index in [1.54, 1.807) is 0 Å². The van der Waals surface area contributed by atoms with E-state index in [9.17, 15) is 4.79 Å². The Kier molecular flexibility index (Phi) is 3.35. The van der Waals surface area contributed by atoms with Gasteiger partial charge in [-0.15, -0.1) is 0 Å². The van der Waals surface area contributed by atoms with Gasteiger partial charge in [-0.05, 0) is 12.0 Å². The predicted octanol–water partition coefficient (Wildman–Crippen LogP) is 1.43. The van der Waals surface area contributed by atoms with Crippen LogP contribution in [0.5, 0.6) is 0 Å². The van der Waals surface area contributed by atoms with Gasteiger partial charge in [-0.2, -0.15) is 0 Å². The summed E-state index contributed by atoms with van der Waals surface area (Å²) >= 11 is 0. The summed E-state index contributed by atoms with van der Waals surface area (Å²) in [6, 6.07) is 10.4. The maximum Gasteiger partial charge on any atom is 0.293 e. The Morgan fingerprint density at radius 2 is 2.20 bits per heavy atom. The Morgan fingerprint density at radius 1 is 1.40 bits per heavy atom. The van der Waals surface area contributed by atoms with E-state index < -0.39 is 0 Å². The van der Waals surface area contributed by atoms with Gasteiger partial charge < -0.3 is 4.74 Å². The Labute approximate surface area is 89.7 Å². The molecule has 3 heteroatoms. The van der Waals surface area contributed by atoms with Crippen molar-refractivity contribution in [1.29, 1.82) is 0 Å². The fourth-order valence-electron chi connectivity index (χ4n) is 1.97. The highest BCUT2D eigenvalue weighted by atomic mass is 16.5. The molecule has 15 heavy (non-hydrogen) atoms. The first-order chi connectivity index (χ1) is 7.38. The van der Waals surface area contributed by atoms with Crippen LogP contribution in [0, 0.1) is 0 Å². The van der Waals surface area contributed by atoms with Crippen LogP contribution in [0.15, 0.2) is 30.3 Å². The summed E-state index contributed by atoms with van der Waals surface area (Å²) in [4.78, 5) is 12.5. The molecule has 1 aromatic carbocycles. The maximum absolute atomic E-state index is 10.2. The first-order valence-corrected chi connectivity index (χ1v) is 5.24. The van der Waals surface area contributed by atoms with Gasteiger partial charge >= 0.3 is 0 Å². The zero-order valence-corrected chi connectivity index (χ0v) is 8.63. The van der Waals surface area contributed by atoms with Crippen molar-refractivity contribution in [3.63, 3.8) is 0 Å². The Morgan fingerprint density at radius 3 is 2.93 bits per heavy atom. The summed E-state index contributed by atoms with van der Waals surface area (Å²) in [6.07, 6.45) is 1.04. The van der Waals surface area contributed by atoms with Crippen LogP contribution in [0.4, 0.5) is 0 Å². The lowest BCUT2D eigenvalue weighted by Gasteiger charge is -2.15. The summed E-state index contributed by atoms with van der Waals surface area (Å²) in [7, 11) is 0. The number of hydrogen-bond acceptors (Lipinski definition) is 3. The number of rotatable bonds is 4. The molecule has 0 N–H and O–H groups in total. The minimum atomic E-state index is 0.0891. The van der Waals surface area contributed by atoms with E-state index >= 15 is 0 Å². The second-order valence-electron chi connectivity index (χ2n) is 3.86. The van der Waals surface area contributed by atoms with Crippen molar-refractivity contribution in [2.24, 2.45) is 0 Å². The molecule has 80 valence electrons. The van der Waals surface area contributed by atoms with E-state index in [0.717, 1.165) is 26.1 Å². The highest BCUT2D eigenvalue weighted by molar-refractivity contribution is 5.37. The van der Waals surface area contributed by atoms with E-state index in [2.05, 4.69) is 17.0 Å². The summed E-state index contributed by atoms with van der Waals surface area (Å²) in [5.41, 5.74) is 1.31. The van der Waals surface area contributed by atoms with Crippen molar-refractivity contribution in [3.8, 4) is 0 Å². The molecule has 0 aromatic heterocycles. The van der Waals surface area contributed by atoms with E-state index in [-0.39, 0.29) is 6.10 Å². The highest BCUT2D eigenvalue weighted by Crippen LogP contribution is 2.14. The molecule has 3 nitrogen and oxygen atoms in total. The summed E-state index contributed by atoms with van der Waals surface area (Å²) in [5.74, 6) is 0. The molecule has 1 heterocycles. The molecule has 1 aliphatic rings. The number of benzene rings is 1. The molecule has 0 bridgehead atoms. The molecule has 0 radical (unpaired) electrons. The zero-order chi connectivity index (χ0) is 10.5. The van der Waals surface area contributed by atoms with Crippen molar-refractivity contribution in [2.45, 2.75) is 19.1 Å². The quantitative estimate of drug-likeness (QED) is 0.696. The number of ether oxygens (including phenoxy) is 1. The van der Waals surface area contributed by atoms with Crippen LogP contribution in [0.25, 0.3) is 0 Å². The third kappa shape index (κ3) is 2.80. The second kappa shape index (κ2) is 4.94. The van der Waals surface area contributed by atoms with Crippen LogP contribution in [-0.4, -0.2) is 30.6 Å². The standard InChI is InChI=1S/C12H15NO2/c14-10-15-12-6-7-13(9-12)8-11-4-2-1-3-5-11/h1-5,10,12H,6-9H2. The van der Waals surface area contributed by atoms with Crippen molar-refractivity contribution >= 4 is 6.47 Å². The lowest BCUT2D eigenvalue weighted by Crippen LogP contribution is -2.22. The van der Waals surface area contributed by atoms with Crippen molar-refractivity contribution < 1.29 is 9.53 Å². The molecular formula is C12H15NO2. The average molecular weight is 205 g/mol. The second-order valence-corrected chi connectivity index (χ2v) is 3.86. The van der Waals surface area contributed by atoms with Gasteiger partial charge in [-0.1, -0.05) is 30.3 Å². The molecule has 0 amide bonds. The average Bonchev–Trinajstić information content (AvgIpc) is 2.68. The van der Waals surface area contributed by atoms with Crippen LogP contribution in [0.1, 0.15) is 12.0 Å². The molecule has 2 rings (SSSR count). The minimum Gasteiger partial charge on any atom is -0.463 e. The maximum atomic E-state index is 10.2. The van der Waals surface area contributed by atoms with Gasteiger partial charge in [-0.3, -0.25) is 9.69 Å². The Balaban J connectivity index is 1.85. The first-order valence-electron chi connectivity index (χ1n) is 5.24. The van der Waals surface area contributed by atoms with E-state index in [1.165, 1.54) is 5.56 Å². The van der Waals surface area contributed by atoms with Gasteiger partial charge in [0, 0.05) is 19.6 Å². The smallest absolute Gasteiger partial charge is 0.293 e. The molecule has 0 saturated carbocycles. The number of nitrogens with zero attached hydrogens (tertiary/aromatic N) is 1. The van der Waals surface area contributed by atoms with E-state index in [4.69, 9.17) is 4.74 Å². The normalized spacial score (nSPS) is 21.5. The highest BCUT2D eigenvalue weighted by Gasteiger charge is 2.22. The fraction of sp³-hybridized carbons (Fsp3) is 0.417. The molecule has 0 spiro atoms. The molecular weight excluding hydrogens is 190 g/mol. The van der Waals surface area contributed by atoms with E-state index in [0.29, 0.717) is 6.47 Å². The van der Waals surface area contributed by atoms with Crippen LogP contribution >= 0.6 is 0 Å². The van der Waals surface area contributed by atoms with Crippen LogP contribution < -0.4 is 0 Å². The lowest BCUT2D eigenvalue weighted by molar-refractivity contribution is -0.132. The van der Waals surface area contributed by atoms with Gasteiger partial charge in [0.25, 0.3) is 6.47 Å². The van der Waals surface area contributed by atoms with Gasteiger partial charge in [0.2, 0.25) is 0 Å². The van der Waals surface area contributed by atoms with Crippen molar-refractivity contribution in [2.75, 3.05) is 13.1 Å². The summed E-state index contributed by atoms with van der Waals surface area (Å²) < 4.78 is 4.95. The van der Waals surface area contributed by atoms with E-state index in [1.807, 2.05) is 18.2 Å². The van der Waals surface area contributed by atoms with Crippen molar-refractivity contribution in [1.82, 2.24) is 4.90 Å². The Hall–Kier alpha value is -1.35. The molecule has 1 unspecified atom stereocenters. The van der Waals surface area contributed by atoms with Crippen LogP contribution in [-0.2, 0) is 16.1 Å². The third-order valence-electron chi connectivity index (χ3n) is 2.73. The topological polar surface area (TPSA) is 29.5 Å². The monoisotopic (exact) mass is 205 g/mol. The Bertz CT molecular complexity index is 313. The molecule has 1 aliphatic heterocycles. The molecule has 1 aromatic rings. The number of likely N-dealkylation sites (tertiary alicyclic amines) is 1. The van der Waals surface area contributed by atoms with Gasteiger partial charge in [0.15, 0.2) is 0 Å². The van der Waals surface area contributed by atoms with Gasteiger partial charge in [0.1, 0.15) is 6.10 Å². The zero-order valence-electron chi connectivity index (χ0n) is 8.63. The number of carbonyl (C=O) groups is 1. The molecule has 0 aliphatic carbocycles. The predicted molar refractivity (Wildman–Crippen MR) is 57.3 cm³/mol. The summed E-state index contributed by atoms with van der Waals surface area (Å²) in [5, 5.41) is 0. The lowest BCUT2D eigenvalue weighted by atomic mass is 10.2. The largest absolute Gasteiger partial charge is 0.463 e. The molecule has 1 fully saturated rings. The van der Waals surface area contributed by atoms with Crippen molar-refractivity contribution in [3.05, 3.63) is 35.9 Å². The first kappa shape index (κ1) is 10.2. The van der Waals surface area contributed by atoms with Crippen LogP contribution in [0.3, 0.4) is 0 Å². The SMILES string of the molecule is O=COC1CCN(Cc2ccccc2)C1. The van der Waals surface area contributed by atoms with Gasteiger partial charge in [0.05, 0.1) is 0 Å². The number of hydrogen-bond donors (Lipinski definition) is 0. The van der Waals surface area contributed by atoms with Gasteiger partial charge in [-0.25, -0.2) is 0 Å². The minimum absolute atomic E-state index is 0.0891. The van der Waals surface area contributed by atoms with Crippen LogP contribution in [0.2, 0.25) is 0 Å². The number of carbonyl (C=O) groups excluding carboxylic acids is 1. The third-order valence-corrected chi connectivity index (χ3v) is 2.73. The summed E-state index contributed by atoms with van der Waals surface area (Å²) in [6.45, 7) is 3.36.